The van der Waals surface area contributed by atoms with Gasteiger partial charge in [-0.1, -0.05) is 29.0 Å². The molecule has 0 aliphatic carbocycles. The second-order valence-corrected chi connectivity index (χ2v) is 9.06. The molecule has 1 aromatic heterocycles. The highest BCUT2D eigenvalue weighted by Crippen LogP contribution is 2.28. The van der Waals surface area contributed by atoms with E-state index in [1.807, 2.05) is 13.8 Å². The van der Waals surface area contributed by atoms with Gasteiger partial charge in [-0.2, -0.15) is 0 Å². The minimum Gasteiger partial charge on any atom is -0.296 e. The van der Waals surface area contributed by atoms with Crippen molar-refractivity contribution < 1.29 is 8.42 Å². The molecule has 3 aromatic rings. The van der Waals surface area contributed by atoms with Crippen LogP contribution in [0, 0.1) is 6.92 Å². The number of rotatable bonds is 4. The van der Waals surface area contributed by atoms with E-state index in [1.165, 1.54) is 12.1 Å². The Bertz CT molecular complexity index is 1110. The van der Waals surface area contributed by atoms with E-state index in [-0.39, 0.29) is 15.8 Å². The third-order valence-corrected chi connectivity index (χ3v) is 6.61. The molecular formula is C17H17ClN2O3S2. The number of nitrogens with one attached hydrogen (secondary N) is 1. The zero-order valence-corrected chi connectivity index (χ0v) is 16.3. The van der Waals surface area contributed by atoms with Gasteiger partial charge in [0.05, 0.1) is 20.8 Å². The number of hydrogen-bond donors (Lipinski definition) is 1. The third-order valence-electron chi connectivity index (χ3n) is 3.92. The predicted molar refractivity (Wildman–Crippen MR) is 103 cm³/mol. The SMILES string of the molecule is Cc1c(Cl)cccc1NS(=O)(=O)c1ccc2c(c1)sc(=O)n2C(C)C. The van der Waals surface area contributed by atoms with Crippen LogP contribution in [0.1, 0.15) is 25.5 Å². The van der Waals surface area contributed by atoms with Gasteiger partial charge in [0.15, 0.2) is 0 Å². The van der Waals surface area contributed by atoms with Crippen LogP contribution in [0.2, 0.25) is 5.02 Å². The van der Waals surface area contributed by atoms with Crippen molar-refractivity contribution in [3.63, 3.8) is 0 Å². The monoisotopic (exact) mass is 396 g/mol. The fraction of sp³-hybridized carbons (Fsp3) is 0.235. The maximum absolute atomic E-state index is 12.7. The topological polar surface area (TPSA) is 68.2 Å². The molecule has 0 unspecified atom stereocenters. The van der Waals surface area contributed by atoms with E-state index < -0.39 is 10.0 Å². The van der Waals surface area contributed by atoms with Crippen LogP contribution < -0.4 is 9.60 Å². The van der Waals surface area contributed by atoms with Gasteiger partial charge in [0.25, 0.3) is 10.0 Å². The van der Waals surface area contributed by atoms with Crippen LogP contribution >= 0.6 is 22.9 Å². The summed E-state index contributed by atoms with van der Waals surface area (Å²) < 4.78 is 30.3. The van der Waals surface area contributed by atoms with Crippen molar-refractivity contribution >= 4 is 48.9 Å². The number of sulfonamides is 1. The first-order valence-electron chi connectivity index (χ1n) is 7.64. The molecule has 8 heteroatoms. The number of thiazole rings is 1. The van der Waals surface area contributed by atoms with Crippen LogP contribution in [0.5, 0.6) is 0 Å². The quantitative estimate of drug-likeness (QED) is 0.710. The standard InChI is InChI=1S/C17H17ClN2O3S2/c1-10(2)20-15-8-7-12(9-16(15)24-17(20)21)25(22,23)19-14-6-4-5-13(18)11(14)3/h4-10,19H,1-3H3. The minimum atomic E-state index is -3.78. The second-order valence-electron chi connectivity index (χ2n) is 5.98. The first kappa shape index (κ1) is 18.0. The lowest BCUT2D eigenvalue weighted by Gasteiger charge is -2.12. The molecule has 132 valence electrons. The largest absolute Gasteiger partial charge is 0.308 e. The number of nitrogens with zero attached hydrogens (tertiary/aromatic N) is 1. The highest BCUT2D eigenvalue weighted by Gasteiger charge is 2.19. The van der Waals surface area contributed by atoms with Crippen LogP contribution in [-0.4, -0.2) is 13.0 Å². The Kier molecular flexibility index (Phi) is 4.66. The Morgan fingerprint density at radius 2 is 1.92 bits per heavy atom. The van der Waals surface area contributed by atoms with E-state index in [0.29, 0.717) is 21.0 Å². The number of fused-ring (bicyclic) bond motifs is 1. The van der Waals surface area contributed by atoms with Gasteiger partial charge in [-0.15, -0.1) is 0 Å². The van der Waals surface area contributed by atoms with E-state index in [0.717, 1.165) is 16.9 Å². The van der Waals surface area contributed by atoms with Gasteiger partial charge in [0.1, 0.15) is 0 Å². The number of benzene rings is 2. The molecule has 0 amide bonds. The Hall–Kier alpha value is -1.83. The molecule has 0 saturated carbocycles. The summed E-state index contributed by atoms with van der Waals surface area (Å²) in [6, 6.07) is 9.77. The number of hydrogen-bond acceptors (Lipinski definition) is 4. The summed E-state index contributed by atoms with van der Waals surface area (Å²) in [5.41, 5.74) is 1.83. The van der Waals surface area contributed by atoms with Crippen molar-refractivity contribution in [3.05, 3.63) is 56.7 Å². The molecule has 0 spiro atoms. The molecule has 0 bridgehead atoms. The molecule has 2 aromatic carbocycles. The lowest BCUT2D eigenvalue weighted by molar-refractivity contribution is 0.601. The van der Waals surface area contributed by atoms with Crippen molar-refractivity contribution in [3.8, 4) is 0 Å². The van der Waals surface area contributed by atoms with Crippen molar-refractivity contribution in [2.75, 3.05) is 4.72 Å². The van der Waals surface area contributed by atoms with E-state index in [2.05, 4.69) is 4.72 Å². The zero-order chi connectivity index (χ0) is 18.4. The zero-order valence-electron chi connectivity index (χ0n) is 13.9. The van der Waals surface area contributed by atoms with Crippen LogP contribution in [0.4, 0.5) is 5.69 Å². The number of anilines is 1. The molecule has 1 N–H and O–H groups in total. The van der Waals surface area contributed by atoms with Gasteiger partial charge in [-0.25, -0.2) is 8.42 Å². The van der Waals surface area contributed by atoms with Crippen LogP contribution in [-0.2, 0) is 10.0 Å². The normalized spacial score (nSPS) is 12.0. The number of aromatic nitrogens is 1. The van der Waals surface area contributed by atoms with Crippen molar-refractivity contribution in [2.45, 2.75) is 31.7 Å². The second kappa shape index (κ2) is 6.48. The van der Waals surface area contributed by atoms with Crippen molar-refractivity contribution in [1.82, 2.24) is 4.57 Å². The Morgan fingerprint density at radius 1 is 1.20 bits per heavy atom. The number of halogens is 1. The summed E-state index contributed by atoms with van der Waals surface area (Å²) >= 11 is 7.09. The summed E-state index contributed by atoms with van der Waals surface area (Å²) in [7, 11) is -3.78. The minimum absolute atomic E-state index is 0.0101. The third kappa shape index (κ3) is 3.31. The molecular weight excluding hydrogens is 380 g/mol. The molecule has 0 aliphatic rings. The molecule has 0 radical (unpaired) electrons. The average molecular weight is 397 g/mol. The van der Waals surface area contributed by atoms with Crippen molar-refractivity contribution in [2.24, 2.45) is 0 Å². The Labute approximate surface area is 154 Å². The molecule has 25 heavy (non-hydrogen) atoms. The molecule has 0 fully saturated rings. The smallest absolute Gasteiger partial charge is 0.296 e. The van der Waals surface area contributed by atoms with E-state index >= 15 is 0 Å². The van der Waals surface area contributed by atoms with Crippen LogP contribution in [0.15, 0.2) is 46.1 Å². The highest BCUT2D eigenvalue weighted by atomic mass is 35.5. The Morgan fingerprint density at radius 3 is 2.60 bits per heavy atom. The first-order chi connectivity index (χ1) is 11.7. The maximum atomic E-state index is 12.7. The first-order valence-corrected chi connectivity index (χ1v) is 10.3. The fourth-order valence-electron chi connectivity index (χ4n) is 2.59. The average Bonchev–Trinajstić information content (AvgIpc) is 2.86. The lowest BCUT2D eigenvalue weighted by atomic mass is 10.2. The van der Waals surface area contributed by atoms with Gasteiger partial charge >= 0.3 is 4.87 Å². The molecule has 3 rings (SSSR count). The van der Waals surface area contributed by atoms with Crippen molar-refractivity contribution in [1.29, 1.82) is 0 Å². The summed E-state index contributed by atoms with van der Waals surface area (Å²) in [5.74, 6) is 0. The predicted octanol–water partition coefficient (Wildman–Crippen LogP) is 4.41. The molecule has 0 atom stereocenters. The summed E-state index contributed by atoms with van der Waals surface area (Å²) in [4.78, 5) is 12.1. The van der Waals surface area contributed by atoms with Crippen LogP contribution in [0.25, 0.3) is 10.2 Å². The van der Waals surface area contributed by atoms with Gasteiger partial charge in [0, 0.05) is 11.1 Å². The maximum Gasteiger partial charge on any atom is 0.308 e. The van der Waals surface area contributed by atoms with Crippen LogP contribution in [0.3, 0.4) is 0 Å². The summed E-state index contributed by atoms with van der Waals surface area (Å²) in [6.07, 6.45) is 0. The highest BCUT2D eigenvalue weighted by molar-refractivity contribution is 7.92. The van der Waals surface area contributed by atoms with Gasteiger partial charge in [0.2, 0.25) is 0 Å². The molecule has 5 nitrogen and oxygen atoms in total. The van der Waals surface area contributed by atoms with Gasteiger partial charge in [-0.3, -0.25) is 14.1 Å². The molecule has 1 heterocycles. The van der Waals surface area contributed by atoms with Gasteiger partial charge in [-0.05, 0) is 56.7 Å². The van der Waals surface area contributed by atoms with E-state index in [9.17, 15) is 13.2 Å². The molecule has 0 aliphatic heterocycles. The van der Waals surface area contributed by atoms with E-state index in [1.54, 1.807) is 35.8 Å². The van der Waals surface area contributed by atoms with Gasteiger partial charge < -0.3 is 0 Å². The summed E-state index contributed by atoms with van der Waals surface area (Å²) in [5, 5.41) is 0.489. The Balaban J connectivity index is 2.06. The van der Waals surface area contributed by atoms with E-state index in [4.69, 9.17) is 11.6 Å². The molecule has 0 saturated heterocycles. The summed E-state index contributed by atoms with van der Waals surface area (Å²) in [6.45, 7) is 5.58. The fourth-order valence-corrected chi connectivity index (χ4v) is 5.05. The lowest BCUT2D eigenvalue weighted by Crippen LogP contribution is -2.15.